The van der Waals surface area contributed by atoms with Crippen LogP contribution in [0.5, 0.6) is 0 Å². The molecule has 3 aromatic heterocycles. The van der Waals surface area contributed by atoms with Gasteiger partial charge in [0, 0.05) is 32.2 Å². The molecule has 1 atom stereocenters. The summed E-state index contributed by atoms with van der Waals surface area (Å²) in [5.41, 5.74) is 1.70. The van der Waals surface area contributed by atoms with Gasteiger partial charge in [-0.25, -0.2) is 14.6 Å². The Morgan fingerprint density at radius 3 is 2.90 bits per heavy atom. The first kappa shape index (κ1) is 18.0. The van der Waals surface area contributed by atoms with Gasteiger partial charge in [0.2, 0.25) is 0 Å². The third-order valence-corrected chi connectivity index (χ3v) is 5.34. The number of carbonyl (C=O) groups is 1. The van der Waals surface area contributed by atoms with Gasteiger partial charge in [0.1, 0.15) is 12.1 Å². The molecule has 3 aromatic rings. The third kappa shape index (κ3) is 3.41. The van der Waals surface area contributed by atoms with Crippen LogP contribution in [0.1, 0.15) is 29.1 Å². The lowest BCUT2D eigenvalue weighted by Crippen LogP contribution is -2.47. The van der Waals surface area contributed by atoms with E-state index in [-0.39, 0.29) is 12.0 Å². The molecule has 0 N–H and O–H groups in total. The number of fused-ring (bicyclic) bond motifs is 1. The molecule has 1 amide bonds. The summed E-state index contributed by atoms with van der Waals surface area (Å²) in [4.78, 5) is 25.4. The number of hydrogen-bond donors (Lipinski definition) is 0. The van der Waals surface area contributed by atoms with Gasteiger partial charge in [-0.3, -0.25) is 4.79 Å². The monoisotopic (exact) mass is 398 g/mol. The lowest BCUT2D eigenvalue weighted by Gasteiger charge is -2.32. The van der Waals surface area contributed by atoms with Crippen LogP contribution in [0.4, 0.5) is 5.82 Å². The summed E-state index contributed by atoms with van der Waals surface area (Å²) in [6.45, 7) is 5.58. The van der Waals surface area contributed by atoms with Crippen molar-refractivity contribution in [3.8, 4) is 0 Å². The standard InChI is InChI=1S/C18H22N8O3/c1-12-8-14(22-29-12)18(27)25-6-7-28-13(9-25)10-26-17-15(21-23-26)16(19-11-20-17)24-4-2-3-5-24/h8,11,13H,2-7,9-10H2,1H3/t13-/m0/s1. The number of morpholine rings is 1. The lowest BCUT2D eigenvalue weighted by atomic mass is 10.2. The highest BCUT2D eigenvalue weighted by Crippen LogP contribution is 2.24. The van der Waals surface area contributed by atoms with Crippen LogP contribution in [0, 0.1) is 6.92 Å². The zero-order chi connectivity index (χ0) is 19.8. The fraction of sp³-hybridized carbons (Fsp3) is 0.556. The zero-order valence-corrected chi connectivity index (χ0v) is 16.2. The molecule has 0 radical (unpaired) electrons. The summed E-state index contributed by atoms with van der Waals surface area (Å²) in [6.07, 6.45) is 3.66. The van der Waals surface area contributed by atoms with E-state index in [1.807, 2.05) is 0 Å². The highest BCUT2D eigenvalue weighted by molar-refractivity contribution is 5.92. The van der Waals surface area contributed by atoms with Crippen LogP contribution in [-0.2, 0) is 11.3 Å². The second-order valence-corrected chi connectivity index (χ2v) is 7.40. The minimum absolute atomic E-state index is 0.155. The molecule has 0 saturated carbocycles. The molecule has 0 unspecified atom stereocenters. The smallest absolute Gasteiger partial charge is 0.276 e. The molecule has 0 spiro atoms. The second-order valence-electron chi connectivity index (χ2n) is 7.40. The zero-order valence-electron chi connectivity index (χ0n) is 16.2. The molecule has 0 aromatic carbocycles. The predicted molar refractivity (Wildman–Crippen MR) is 101 cm³/mol. The molecule has 5 heterocycles. The molecular formula is C18H22N8O3. The largest absolute Gasteiger partial charge is 0.373 e. The van der Waals surface area contributed by atoms with Crippen molar-refractivity contribution in [1.82, 2.24) is 35.0 Å². The van der Waals surface area contributed by atoms with E-state index in [1.54, 1.807) is 28.9 Å². The minimum atomic E-state index is -0.212. The maximum Gasteiger partial charge on any atom is 0.276 e. The van der Waals surface area contributed by atoms with Gasteiger partial charge in [0.25, 0.3) is 5.91 Å². The average molecular weight is 398 g/mol. The van der Waals surface area contributed by atoms with Crippen LogP contribution in [0.25, 0.3) is 11.2 Å². The van der Waals surface area contributed by atoms with Crippen LogP contribution in [0.15, 0.2) is 16.9 Å². The fourth-order valence-corrected chi connectivity index (χ4v) is 3.90. The van der Waals surface area contributed by atoms with E-state index in [0.717, 1.165) is 31.7 Å². The average Bonchev–Trinajstić information content (AvgIpc) is 3.49. The van der Waals surface area contributed by atoms with Crippen LogP contribution < -0.4 is 4.90 Å². The van der Waals surface area contributed by atoms with Gasteiger partial charge in [0.15, 0.2) is 22.7 Å². The van der Waals surface area contributed by atoms with E-state index in [9.17, 15) is 4.79 Å². The minimum Gasteiger partial charge on any atom is -0.373 e. The van der Waals surface area contributed by atoms with E-state index < -0.39 is 0 Å². The molecule has 2 fully saturated rings. The van der Waals surface area contributed by atoms with E-state index in [2.05, 4.69) is 30.3 Å². The summed E-state index contributed by atoms with van der Waals surface area (Å²) >= 11 is 0. The van der Waals surface area contributed by atoms with Gasteiger partial charge in [-0.2, -0.15) is 0 Å². The van der Waals surface area contributed by atoms with Gasteiger partial charge in [-0.1, -0.05) is 10.4 Å². The van der Waals surface area contributed by atoms with E-state index in [0.29, 0.717) is 48.9 Å². The molecule has 11 nitrogen and oxygen atoms in total. The first-order valence-corrected chi connectivity index (χ1v) is 9.82. The molecule has 152 valence electrons. The third-order valence-electron chi connectivity index (χ3n) is 5.34. The Hall–Kier alpha value is -3.08. The van der Waals surface area contributed by atoms with Crippen molar-refractivity contribution in [2.24, 2.45) is 0 Å². The molecular weight excluding hydrogens is 376 g/mol. The second kappa shape index (κ2) is 7.39. The number of hydrogen-bond acceptors (Lipinski definition) is 9. The molecule has 11 heteroatoms. The van der Waals surface area contributed by atoms with Gasteiger partial charge < -0.3 is 19.1 Å². The quantitative estimate of drug-likeness (QED) is 0.625. The molecule has 29 heavy (non-hydrogen) atoms. The lowest BCUT2D eigenvalue weighted by molar-refractivity contribution is -0.0300. The highest BCUT2D eigenvalue weighted by Gasteiger charge is 2.28. The Labute approximate surface area is 166 Å². The Morgan fingerprint density at radius 2 is 2.10 bits per heavy atom. The van der Waals surface area contributed by atoms with E-state index in [4.69, 9.17) is 9.26 Å². The molecule has 2 saturated heterocycles. The number of aromatic nitrogens is 6. The fourth-order valence-electron chi connectivity index (χ4n) is 3.90. The Kier molecular flexibility index (Phi) is 4.58. The Balaban J connectivity index is 1.33. The summed E-state index contributed by atoms with van der Waals surface area (Å²) < 4.78 is 12.6. The van der Waals surface area contributed by atoms with Crippen molar-refractivity contribution in [2.75, 3.05) is 37.7 Å². The highest BCUT2D eigenvalue weighted by atomic mass is 16.5. The van der Waals surface area contributed by atoms with Gasteiger partial charge >= 0.3 is 0 Å². The Morgan fingerprint density at radius 1 is 1.24 bits per heavy atom. The predicted octanol–water partition coefficient (Wildman–Crippen LogP) is 0.659. The van der Waals surface area contributed by atoms with Gasteiger partial charge in [-0.05, 0) is 19.8 Å². The number of carbonyl (C=O) groups excluding carboxylic acids is 1. The van der Waals surface area contributed by atoms with E-state index in [1.165, 1.54) is 0 Å². The summed E-state index contributed by atoms with van der Waals surface area (Å²) in [7, 11) is 0. The first-order chi connectivity index (χ1) is 14.2. The van der Waals surface area contributed by atoms with Crippen LogP contribution in [-0.4, -0.2) is 79.8 Å². The normalized spacial score (nSPS) is 20.0. The molecule has 0 aliphatic carbocycles. The maximum absolute atomic E-state index is 12.7. The number of aryl methyl sites for hydroxylation is 1. The molecule has 2 aliphatic heterocycles. The van der Waals surface area contributed by atoms with Crippen molar-refractivity contribution in [3.05, 3.63) is 23.8 Å². The Bertz CT molecular complexity index is 1030. The van der Waals surface area contributed by atoms with E-state index >= 15 is 0 Å². The number of nitrogens with zero attached hydrogens (tertiary/aromatic N) is 8. The summed E-state index contributed by atoms with van der Waals surface area (Å²) in [5, 5.41) is 12.4. The van der Waals surface area contributed by atoms with Gasteiger partial charge in [-0.15, -0.1) is 5.10 Å². The molecule has 5 rings (SSSR count). The first-order valence-electron chi connectivity index (χ1n) is 9.82. The van der Waals surface area contributed by atoms with Crippen molar-refractivity contribution in [3.63, 3.8) is 0 Å². The number of ether oxygens (including phenoxy) is 1. The van der Waals surface area contributed by atoms with Gasteiger partial charge in [0.05, 0.1) is 19.3 Å². The number of anilines is 1. The number of rotatable bonds is 4. The number of amides is 1. The van der Waals surface area contributed by atoms with Crippen molar-refractivity contribution in [2.45, 2.75) is 32.4 Å². The topological polar surface area (TPSA) is 115 Å². The summed E-state index contributed by atoms with van der Waals surface area (Å²) in [6, 6.07) is 1.65. The van der Waals surface area contributed by atoms with Crippen LogP contribution in [0.3, 0.4) is 0 Å². The van der Waals surface area contributed by atoms with Crippen molar-refractivity contribution >= 4 is 22.9 Å². The van der Waals surface area contributed by atoms with Crippen LogP contribution >= 0.6 is 0 Å². The summed E-state index contributed by atoms with van der Waals surface area (Å²) in [5.74, 6) is 1.29. The van der Waals surface area contributed by atoms with Crippen molar-refractivity contribution < 1.29 is 14.1 Å². The molecule has 0 bridgehead atoms. The maximum atomic E-state index is 12.7. The van der Waals surface area contributed by atoms with Crippen molar-refractivity contribution in [1.29, 1.82) is 0 Å². The van der Waals surface area contributed by atoms with Crippen LogP contribution in [0.2, 0.25) is 0 Å². The SMILES string of the molecule is Cc1cc(C(=O)N2CCO[C@H](Cn3nnc4c(N5CCCC5)ncnc43)C2)no1. The molecule has 2 aliphatic rings.